The van der Waals surface area contributed by atoms with Crippen molar-refractivity contribution in [3.8, 4) is 0 Å². The van der Waals surface area contributed by atoms with Crippen molar-refractivity contribution >= 4 is 27.4 Å². The van der Waals surface area contributed by atoms with E-state index in [0.29, 0.717) is 0 Å². The molecule has 1 heterocycles. The Morgan fingerprint density at radius 1 is 1.62 bits per heavy atom. The quantitative estimate of drug-likeness (QED) is 0.377. The molecule has 1 amide bonds. The van der Waals surface area contributed by atoms with Gasteiger partial charge in [0.1, 0.15) is 6.20 Å². The first kappa shape index (κ1) is 12.1. The Morgan fingerprint density at radius 2 is 2.38 bits per heavy atom. The van der Waals surface area contributed by atoms with Crippen molar-refractivity contribution in [3.63, 3.8) is 0 Å². The van der Waals surface area contributed by atoms with E-state index >= 15 is 0 Å². The molecule has 0 aromatic carbocycles. The molecule has 1 rings (SSSR count). The molecule has 1 aromatic rings. The van der Waals surface area contributed by atoms with E-state index in [-0.39, 0.29) is 16.0 Å². The predicted octanol–water partition coefficient (Wildman–Crippen LogP) is 2.12. The lowest BCUT2D eigenvalue weighted by Crippen LogP contribution is -2.06. The van der Waals surface area contributed by atoms with Gasteiger partial charge < -0.3 is 0 Å². The van der Waals surface area contributed by atoms with Crippen LogP contribution in [0, 0.1) is 10.1 Å². The molecule has 1 aromatic heterocycles. The van der Waals surface area contributed by atoms with E-state index in [1.54, 1.807) is 18.2 Å². The molecule has 1 N–H and O–H groups in total. The Hall–Kier alpha value is -2.02. The summed E-state index contributed by atoms with van der Waals surface area (Å²) >= 11 is 0.814. The second kappa shape index (κ2) is 5.76. The Balaban J connectivity index is 2.59. The Kier molecular flexibility index (Phi) is 4.34. The second-order valence-corrected chi connectivity index (χ2v) is 3.64. The van der Waals surface area contributed by atoms with E-state index in [2.05, 4.69) is 10.3 Å². The molecule has 0 aliphatic carbocycles. The minimum absolute atomic E-state index is 0.104. The number of rotatable bonds is 4. The van der Waals surface area contributed by atoms with Gasteiger partial charge in [0, 0.05) is 6.08 Å². The number of nitrogens with one attached hydrogen (secondary N) is 1. The highest BCUT2D eigenvalue weighted by molar-refractivity contribution is 7.18. The van der Waals surface area contributed by atoms with Crippen molar-refractivity contribution in [2.45, 2.75) is 6.92 Å². The van der Waals surface area contributed by atoms with E-state index in [9.17, 15) is 14.9 Å². The Morgan fingerprint density at radius 3 is 2.94 bits per heavy atom. The number of hydrogen-bond acceptors (Lipinski definition) is 5. The number of nitrogens with zero attached hydrogens (tertiary/aromatic N) is 2. The molecular formula is C9H9N3O3S. The third kappa shape index (κ3) is 3.62. The van der Waals surface area contributed by atoms with Crippen molar-refractivity contribution in [2.75, 3.05) is 5.32 Å². The molecule has 84 valence electrons. The van der Waals surface area contributed by atoms with Crippen LogP contribution < -0.4 is 5.32 Å². The highest BCUT2D eigenvalue weighted by Crippen LogP contribution is 2.24. The lowest BCUT2D eigenvalue weighted by atomic mass is 10.4. The number of carbonyl (C=O) groups excluding carboxylic acids is 1. The molecular weight excluding hydrogens is 230 g/mol. The SMILES string of the molecule is C/C=C/C=C/C(=O)Nc1ncc([N+](=O)[O-])s1. The van der Waals surface area contributed by atoms with Crippen LogP contribution in [-0.2, 0) is 4.79 Å². The third-order valence-electron chi connectivity index (χ3n) is 1.45. The minimum Gasteiger partial charge on any atom is -0.298 e. The summed E-state index contributed by atoms with van der Waals surface area (Å²) in [5, 5.41) is 12.9. The summed E-state index contributed by atoms with van der Waals surface area (Å²) < 4.78 is 0. The summed E-state index contributed by atoms with van der Waals surface area (Å²) in [6.07, 6.45) is 7.46. The van der Waals surface area contributed by atoms with Crippen LogP contribution in [0.5, 0.6) is 0 Å². The largest absolute Gasteiger partial charge is 0.345 e. The summed E-state index contributed by atoms with van der Waals surface area (Å²) in [6, 6.07) is 0. The number of allylic oxidation sites excluding steroid dienone is 3. The highest BCUT2D eigenvalue weighted by atomic mass is 32.1. The van der Waals surface area contributed by atoms with E-state index in [4.69, 9.17) is 0 Å². The van der Waals surface area contributed by atoms with E-state index in [1.807, 2.05) is 6.92 Å². The molecule has 6 nitrogen and oxygen atoms in total. The van der Waals surface area contributed by atoms with E-state index < -0.39 is 4.92 Å². The molecule has 7 heteroatoms. The number of thiazole rings is 1. The number of anilines is 1. The predicted molar refractivity (Wildman–Crippen MR) is 61.4 cm³/mol. The van der Waals surface area contributed by atoms with Gasteiger partial charge in [-0.15, -0.1) is 0 Å². The second-order valence-electron chi connectivity index (χ2n) is 2.63. The smallest absolute Gasteiger partial charge is 0.298 e. The standard InChI is InChI=1S/C9H9N3O3S/c1-2-3-4-5-7(13)11-9-10-6-8(16-9)12(14)15/h2-6H,1H3,(H,10,11,13)/b3-2+,5-4+. The first-order valence-corrected chi connectivity index (χ1v) is 5.15. The van der Waals surface area contributed by atoms with Crippen LogP contribution in [0.2, 0.25) is 0 Å². The van der Waals surface area contributed by atoms with Gasteiger partial charge in [-0.3, -0.25) is 20.2 Å². The Labute approximate surface area is 95.5 Å². The zero-order valence-electron chi connectivity index (χ0n) is 8.41. The van der Waals surface area contributed by atoms with Crippen molar-refractivity contribution in [1.82, 2.24) is 4.98 Å². The van der Waals surface area contributed by atoms with Gasteiger partial charge in [0.05, 0.1) is 4.92 Å². The summed E-state index contributed by atoms with van der Waals surface area (Å²) in [7, 11) is 0. The van der Waals surface area contributed by atoms with Gasteiger partial charge in [-0.2, -0.15) is 0 Å². The summed E-state index contributed by atoms with van der Waals surface area (Å²) in [5.74, 6) is -0.373. The lowest BCUT2D eigenvalue weighted by Gasteiger charge is -1.92. The monoisotopic (exact) mass is 239 g/mol. The highest BCUT2D eigenvalue weighted by Gasteiger charge is 2.11. The number of aromatic nitrogens is 1. The minimum atomic E-state index is -0.553. The fourth-order valence-electron chi connectivity index (χ4n) is 0.809. The first-order valence-electron chi connectivity index (χ1n) is 4.34. The molecule has 0 spiro atoms. The van der Waals surface area contributed by atoms with E-state index in [0.717, 1.165) is 17.5 Å². The van der Waals surface area contributed by atoms with Crippen molar-refractivity contribution in [1.29, 1.82) is 0 Å². The van der Waals surface area contributed by atoms with Gasteiger partial charge in [-0.1, -0.05) is 18.2 Å². The van der Waals surface area contributed by atoms with Gasteiger partial charge in [0.2, 0.25) is 5.91 Å². The summed E-state index contributed by atoms with van der Waals surface area (Å²) in [4.78, 5) is 24.7. The molecule has 0 saturated heterocycles. The number of carbonyl (C=O) groups is 1. The lowest BCUT2D eigenvalue weighted by molar-refractivity contribution is -0.380. The normalized spacial score (nSPS) is 11.1. The maximum atomic E-state index is 11.2. The zero-order chi connectivity index (χ0) is 12.0. The Bertz CT molecular complexity index is 451. The number of amides is 1. The van der Waals surface area contributed by atoms with Crippen LogP contribution in [0.3, 0.4) is 0 Å². The topological polar surface area (TPSA) is 85.1 Å². The number of nitro groups is 1. The van der Waals surface area contributed by atoms with Gasteiger partial charge in [0.15, 0.2) is 5.13 Å². The van der Waals surface area contributed by atoms with E-state index in [1.165, 1.54) is 6.08 Å². The van der Waals surface area contributed by atoms with Crippen LogP contribution in [0.25, 0.3) is 0 Å². The van der Waals surface area contributed by atoms with Gasteiger partial charge in [0.25, 0.3) is 0 Å². The fourth-order valence-corrected chi connectivity index (χ4v) is 1.44. The summed E-state index contributed by atoms with van der Waals surface area (Å²) in [5.41, 5.74) is 0. The van der Waals surface area contributed by atoms with Gasteiger partial charge in [-0.25, -0.2) is 4.98 Å². The van der Waals surface area contributed by atoms with Crippen LogP contribution in [-0.4, -0.2) is 15.8 Å². The van der Waals surface area contributed by atoms with Crippen LogP contribution in [0.4, 0.5) is 10.1 Å². The molecule has 0 aliphatic rings. The molecule has 0 saturated carbocycles. The molecule has 0 unspecified atom stereocenters. The number of hydrogen-bond donors (Lipinski definition) is 1. The molecule has 0 aliphatic heterocycles. The average Bonchev–Trinajstić information content (AvgIpc) is 2.66. The average molecular weight is 239 g/mol. The maximum Gasteiger partial charge on any atom is 0.345 e. The van der Waals surface area contributed by atoms with Crippen molar-refractivity contribution < 1.29 is 9.72 Å². The molecule has 0 radical (unpaired) electrons. The van der Waals surface area contributed by atoms with Crippen LogP contribution in [0.1, 0.15) is 6.92 Å². The third-order valence-corrected chi connectivity index (χ3v) is 2.32. The molecule has 0 fully saturated rings. The van der Waals surface area contributed by atoms with Crippen molar-refractivity contribution in [3.05, 3.63) is 40.6 Å². The first-order chi connectivity index (χ1) is 7.63. The maximum absolute atomic E-state index is 11.2. The van der Waals surface area contributed by atoms with Gasteiger partial charge in [-0.05, 0) is 18.3 Å². The van der Waals surface area contributed by atoms with Crippen LogP contribution >= 0.6 is 11.3 Å². The molecule has 16 heavy (non-hydrogen) atoms. The zero-order valence-corrected chi connectivity index (χ0v) is 9.23. The molecule has 0 bridgehead atoms. The van der Waals surface area contributed by atoms with Crippen LogP contribution in [0.15, 0.2) is 30.5 Å². The summed E-state index contributed by atoms with van der Waals surface area (Å²) in [6.45, 7) is 1.83. The van der Waals surface area contributed by atoms with Crippen molar-refractivity contribution in [2.24, 2.45) is 0 Å². The molecule has 0 atom stereocenters. The fraction of sp³-hybridized carbons (Fsp3) is 0.111. The van der Waals surface area contributed by atoms with Gasteiger partial charge >= 0.3 is 5.00 Å².